The van der Waals surface area contributed by atoms with Gasteiger partial charge < -0.3 is 24.8 Å². The number of esters is 2. The standard InChI is InChI=1S/C29H56N2O6/c1-4-6-8-10-12-14-16-18-27(33)36-24-21-31(29(35)26(3)30-20-23-32)22-25-37-28(34)19-17-15-13-11-9-7-5-2/h26,30,32H,4-25H2,1-3H3. The van der Waals surface area contributed by atoms with Crippen LogP contribution in [0.2, 0.25) is 0 Å². The summed E-state index contributed by atoms with van der Waals surface area (Å²) in [6, 6.07) is -0.501. The van der Waals surface area contributed by atoms with Gasteiger partial charge in [0.1, 0.15) is 13.2 Å². The van der Waals surface area contributed by atoms with Gasteiger partial charge in [0, 0.05) is 19.4 Å². The molecule has 0 radical (unpaired) electrons. The van der Waals surface area contributed by atoms with E-state index in [4.69, 9.17) is 14.6 Å². The number of nitrogens with zero attached hydrogens (tertiary/aromatic N) is 1. The molecule has 0 saturated carbocycles. The van der Waals surface area contributed by atoms with Crippen LogP contribution in [0.5, 0.6) is 0 Å². The van der Waals surface area contributed by atoms with Crippen molar-refractivity contribution in [1.29, 1.82) is 0 Å². The second-order valence-electron chi connectivity index (χ2n) is 9.91. The van der Waals surface area contributed by atoms with Crippen molar-refractivity contribution in [3.63, 3.8) is 0 Å². The van der Waals surface area contributed by atoms with Crippen molar-refractivity contribution in [3.8, 4) is 0 Å². The molecular formula is C29H56N2O6. The van der Waals surface area contributed by atoms with Gasteiger partial charge in [-0.15, -0.1) is 0 Å². The molecule has 0 aromatic carbocycles. The van der Waals surface area contributed by atoms with Gasteiger partial charge in [0.2, 0.25) is 5.91 Å². The van der Waals surface area contributed by atoms with Crippen molar-refractivity contribution in [2.45, 2.75) is 130 Å². The fourth-order valence-corrected chi connectivity index (χ4v) is 4.11. The molecule has 0 aliphatic carbocycles. The molecule has 2 N–H and O–H groups in total. The molecule has 0 fully saturated rings. The van der Waals surface area contributed by atoms with Crippen LogP contribution in [0.1, 0.15) is 124 Å². The van der Waals surface area contributed by atoms with Crippen LogP contribution in [-0.4, -0.2) is 73.3 Å². The topological polar surface area (TPSA) is 105 Å². The molecule has 1 unspecified atom stereocenters. The number of amides is 1. The normalized spacial score (nSPS) is 11.8. The molecule has 0 spiro atoms. The number of rotatable bonds is 26. The minimum Gasteiger partial charge on any atom is -0.464 e. The first-order valence-corrected chi connectivity index (χ1v) is 14.9. The van der Waals surface area contributed by atoms with E-state index in [1.54, 1.807) is 11.8 Å². The van der Waals surface area contributed by atoms with Crippen molar-refractivity contribution in [2.75, 3.05) is 39.5 Å². The Balaban J connectivity index is 4.31. The summed E-state index contributed by atoms with van der Waals surface area (Å²) in [4.78, 5) is 38.5. The molecule has 0 heterocycles. The zero-order chi connectivity index (χ0) is 27.6. The fraction of sp³-hybridized carbons (Fsp3) is 0.897. The summed E-state index contributed by atoms with van der Waals surface area (Å²) in [5.74, 6) is -0.665. The molecule has 1 atom stereocenters. The molecule has 1 amide bonds. The second-order valence-corrected chi connectivity index (χ2v) is 9.91. The molecule has 0 bridgehead atoms. The Morgan fingerprint density at radius 2 is 1.11 bits per heavy atom. The smallest absolute Gasteiger partial charge is 0.305 e. The average Bonchev–Trinajstić information content (AvgIpc) is 2.89. The quantitative estimate of drug-likeness (QED) is 0.118. The molecular weight excluding hydrogens is 472 g/mol. The van der Waals surface area contributed by atoms with Crippen LogP contribution < -0.4 is 5.32 Å². The van der Waals surface area contributed by atoms with Crippen LogP contribution in [0, 0.1) is 0 Å². The number of ether oxygens (including phenoxy) is 2. The van der Waals surface area contributed by atoms with Gasteiger partial charge in [-0.2, -0.15) is 0 Å². The third-order valence-electron chi connectivity index (χ3n) is 6.46. The minimum atomic E-state index is -0.501. The second kappa shape index (κ2) is 26.0. The van der Waals surface area contributed by atoms with Gasteiger partial charge in [-0.05, 0) is 19.8 Å². The van der Waals surface area contributed by atoms with Gasteiger partial charge in [-0.3, -0.25) is 14.4 Å². The lowest BCUT2D eigenvalue weighted by molar-refractivity contribution is -0.148. The Morgan fingerprint density at radius 1 is 0.703 bits per heavy atom. The molecule has 0 saturated heterocycles. The summed E-state index contributed by atoms with van der Waals surface area (Å²) >= 11 is 0. The third kappa shape index (κ3) is 22.1. The van der Waals surface area contributed by atoms with Gasteiger partial charge in [0.15, 0.2) is 0 Å². The molecule has 8 heteroatoms. The van der Waals surface area contributed by atoms with E-state index in [2.05, 4.69) is 19.2 Å². The minimum absolute atomic E-state index is 0.0654. The number of hydrogen-bond donors (Lipinski definition) is 2. The number of unbranched alkanes of at least 4 members (excludes halogenated alkanes) is 12. The summed E-state index contributed by atoms with van der Waals surface area (Å²) in [7, 11) is 0. The van der Waals surface area contributed by atoms with Gasteiger partial charge in [0.25, 0.3) is 0 Å². The molecule has 218 valence electrons. The molecule has 0 aromatic heterocycles. The van der Waals surface area contributed by atoms with Crippen LogP contribution in [0.15, 0.2) is 0 Å². The Hall–Kier alpha value is -1.67. The van der Waals surface area contributed by atoms with Crippen molar-refractivity contribution in [3.05, 3.63) is 0 Å². The largest absolute Gasteiger partial charge is 0.464 e. The van der Waals surface area contributed by atoms with E-state index in [0.717, 1.165) is 38.5 Å². The maximum Gasteiger partial charge on any atom is 0.305 e. The SMILES string of the molecule is CCCCCCCCCC(=O)OCCN(CCOC(=O)CCCCCCCCC)C(=O)C(C)NCCO. The summed E-state index contributed by atoms with van der Waals surface area (Å²) in [6.45, 7) is 7.06. The predicted molar refractivity (Wildman–Crippen MR) is 148 cm³/mol. The van der Waals surface area contributed by atoms with E-state index in [1.165, 1.54) is 51.4 Å². The number of aliphatic hydroxyl groups excluding tert-OH is 1. The summed E-state index contributed by atoms with van der Waals surface area (Å²) in [5.41, 5.74) is 0. The van der Waals surface area contributed by atoms with E-state index in [0.29, 0.717) is 19.4 Å². The highest BCUT2D eigenvalue weighted by molar-refractivity contribution is 5.81. The Kier molecular flexibility index (Phi) is 24.8. The van der Waals surface area contributed by atoms with Crippen LogP contribution in [-0.2, 0) is 23.9 Å². The molecule has 8 nitrogen and oxygen atoms in total. The maximum absolute atomic E-state index is 12.8. The highest BCUT2D eigenvalue weighted by atomic mass is 16.5. The lowest BCUT2D eigenvalue weighted by atomic mass is 10.1. The van der Waals surface area contributed by atoms with E-state index < -0.39 is 6.04 Å². The number of aliphatic hydroxyl groups is 1. The Morgan fingerprint density at radius 3 is 1.51 bits per heavy atom. The summed E-state index contributed by atoms with van der Waals surface area (Å²) < 4.78 is 10.7. The fourth-order valence-electron chi connectivity index (χ4n) is 4.11. The van der Waals surface area contributed by atoms with Crippen molar-refractivity contribution in [2.24, 2.45) is 0 Å². The van der Waals surface area contributed by atoms with Gasteiger partial charge in [0.05, 0.1) is 25.7 Å². The first-order chi connectivity index (χ1) is 18.0. The Bertz CT molecular complexity index is 537. The van der Waals surface area contributed by atoms with E-state index in [9.17, 15) is 14.4 Å². The summed E-state index contributed by atoms with van der Waals surface area (Å²) in [6.07, 6.45) is 16.7. The zero-order valence-electron chi connectivity index (χ0n) is 24.1. The van der Waals surface area contributed by atoms with Crippen LogP contribution in [0.25, 0.3) is 0 Å². The van der Waals surface area contributed by atoms with E-state index in [1.807, 2.05) is 0 Å². The number of hydrogen-bond acceptors (Lipinski definition) is 7. The average molecular weight is 529 g/mol. The number of carbonyl (C=O) groups is 3. The van der Waals surface area contributed by atoms with Gasteiger partial charge >= 0.3 is 11.9 Å². The van der Waals surface area contributed by atoms with Gasteiger partial charge in [-0.25, -0.2) is 0 Å². The highest BCUT2D eigenvalue weighted by Crippen LogP contribution is 2.10. The maximum atomic E-state index is 12.8. The monoisotopic (exact) mass is 528 g/mol. The van der Waals surface area contributed by atoms with E-state index in [-0.39, 0.29) is 50.8 Å². The number of carbonyl (C=O) groups excluding carboxylic acids is 3. The lowest BCUT2D eigenvalue weighted by Crippen LogP contribution is -2.48. The summed E-state index contributed by atoms with van der Waals surface area (Å²) in [5, 5.41) is 12.0. The predicted octanol–water partition coefficient (Wildman–Crippen LogP) is 5.15. The molecule has 0 aromatic rings. The van der Waals surface area contributed by atoms with Crippen molar-refractivity contribution >= 4 is 17.8 Å². The molecule has 0 aliphatic heterocycles. The highest BCUT2D eigenvalue weighted by Gasteiger charge is 2.20. The van der Waals surface area contributed by atoms with Crippen molar-refractivity contribution < 1.29 is 29.0 Å². The van der Waals surface area contributed by atoms with Crippen LogP contribution in [0.3, 0.4) is 0 Å². The first-order valence-electron chi connectivity index (χ1n) is 14.9. The van der Waals surface area contributed by atoms with Crippen LogP contribution in [0.4, 0.5) is 0 Å². The first kappa shape index (κ1) is 35.3. The molecule has 37 heavy (non-hydrogen) atoms. The van der Waals surface area contributed by atoms with E-state index >= 15 is 0 Å². The molecule has 0 aliphatic rings. The van der Waals surface area contributed by atoms with Gasteiger partial charge in [-0.1, -0.05) is 90.9 Å². The number of nitrogens with one attached hydrogen (secondary N) is 1. The lowest BCUT2D eigenvalue weighted by Gasteiger charge is -2.26. The Labute approximate surface area is 226 Å². The zero-order valence-corrected chi connectivity index (χ0v) is 24.1. The van der Waals surface area contributed by atoms with Crippen molar-refractivity contribution in [1.82, 2.24) is 10.2 Å². The third-order valence-corrected chi connectivity index (χ3v) is 6.46. The van der Waals surface area contributed by atoms with Crippen LogP contribution >= 0.6 is 0 Å². The molecule has 0 rings (SSSR count).